The van der Waals surface area contributed by atoms with E-state index in [1.54, 1.807) is 6.08 Å². The van der Waals surface area contributed by atoms with E-state index in [-0.39, 0.29) is 28.1 Å². The number of hydrogen-bond acceptors (Lipinski definition) is 11. The molecule has 2 fully saturated rings. The highest BCUT2D eigenvalue weighted by Crippen LogP contribution is 2.44. The second kappa shape index (κ2) is 24.8. The minimum Gasteiger partial charge on any atom is -0.354 e. The van der Waals surface area contributed by atoms with Crippen LogP contribution in [0.4, 0.5) is 17.8 Å². The zero-order chi connectivity index (χ0) is 41.8. The van der Waals surface area contributed by atoms with E-state index < -0.39 is 0 Å². The molecule has 0 saturated carbocycles. The summed E-state index contributed by atoms with van der Waals surface area (Å²) in [6, 6.07) is 0. The van der Waals surface area contributed by atoms with E-state index in [9.17, 15) is 4.79 Å². The molecule has 2 aliphatic heterocycles. The van der Waals surface area contributed by atoms with E-state index in [1.807, 2.05) is 0 Å². The quantitative estimate of drug-likeness (QED) is 0.0461. The number of rotatable bonds is 29. The second-order valence-electron chi connectivity index (χ2n) is 19.9. The van der Waals surface area contributed by atoms with Gasteiger partial charge in [0.2, 0.25) is 18.0 Å². The fourth-order valence-electron chi connectivity index (χ4n) is 10.3. The molecule has 1 aromatic heterocycles. The maximum atomic E-state index is 11.1. The molecule has 11 nitrogen and oxygen atoms in total. The Morgan fingerprint density at radius 3 is 1.30 bits per heavy atom. The number of aliphatic imine (C=N–C) groups is 1. The van der Waals surface area contributed by atoms with Crippen LogP contribution in [-0.4, -0.2) is 79.6 Å². The highest BCUT2D eigenvalue weighted by atomic mass is 16.7. The molecule has 1 aromatic rings. The van der Waals surface area contributed by atoms with Crippen LogP contribution in [0, 0.1) is 11.8 Å². The van der Waals surface area contributed by atoms with Crippen LogP contribution in [0.15, 0.2) is 4.99 Å². The van der Waals surface area contributed by atoms with Crippen LogP contribution in [0.5, 0.6) is 0 Å². The van der Waals surface area contributed by atoms with Crippen molar-refractivity contribution in [3.05, 3.63) is 0 Å². The topological polar surface area (TPSA) is 117 Å². The normalized spacial score (nSPS) is 19.7. The fourth-order valence-corrected chi connectivity index (χ4v) is 10.3. The van der Waals surface area contributed by atoms with Gasteiger partial charge >= 0.3 is 0 Å². The Hall–Kier alpha value is -2.17. The van der Waals surface area contributed by atoms with Crippen LogP contribution in [0.2, 0.25) is 0 Å². The van der Waals surface area contributed by atoms with Crippen molar-refractivity contribution in [3.63, 3.8) is 0 Å². The number of hydroxylamine groups is 4. The van der Waals surface area contributed by atoms with Crippen LogP contribution in [0.1, 0.15) is 210 Å². The Morgan fingerprint density at radius 1 is 0.561 bits per heavy atom. The molecule has 0 atom stereocenters. The molecule has 11 heteroatoms. The fraction of sp³-hybridized carbons (Fsp3) is 0.913. The second-order valence-corrected chi connectivity index (χ2v) is 19.9. The SMILES string of the molecule is CCCCCCCCON1C(C)(C)CC(CCCCNc2nc(N=C=O)nc(NCCCCC3CC(C)(C)N(OCCCCCCCC)C(C)(C)C3)n2)CC1(C)C. The molecule has 0 aliphatic carbocycles. The van der Waals surface area contributed by atoms with Crippen LogP contribution >= 0.6 is 0 Å². The van der Waals surface area contributed by atoms with Gasteiger partial charge in [-0.2, -0.15) is 25.1 Å². The predicted octanol–water partition coefficient (Wildman–Crippen LogP) is 12.1. The Kier molecular flexibility index (Phi) is 21.4. The Balaban J connectivity index is 1.37. The first-order valence-corrected chi connectivity index (χ1v) is 23.3. The summed E-state index contributed by atoms with van der Waals surface area (Å²) in [6.07, 6.45) is 28.1. The molecule has 0 unspecified atom stereocenters. The van der Waals surface area contributed by atoms with Gasteiger partial charge in [-0.1, -0.05) is 104 Å². The largest absolute Gasteiger partial charge is 0.354 e. The number of anilines is 2. The maximum Gasteiger partial charge on any atom is 0.267 e. The molecule has 2 N–H and O–H groups in total. The molecule has 57 heavy (non-hydrogen) atoms. The number of unbranched alkanes of at least 4 members (excludes halogenated alkanes) is 12. The van der Waals surface area contributed by atoms with E-state index in [0.29, 0.717) is 23.7 Å². The van der Waals surface area contributed by atoms with E-state index in [1.165, 1.54) is 77.0 Å². The molecule has 0 bridgehead atoms. The van der Waals surface area contributed by atoms with Gasteiger partial charge in [-0.25, -0.2) is 4.79 Å². The first-order valence-electron chi connectivity index (χ1n) is 23.3. The third kappa shape index (κ3) is 17.5. The first-order chi connectivity index (χ1) is 27.1. The molecule has 0 radical (unpaired) electrons. The molecule has 3 heterocycles. The number of nitrogens with one attached hydrogen (secondary N) is 2. The van der Waals surface area contributed by atoms with Crippen molar-refractivity contribution in [3.8, 4) is 0 Å². The molecular formula is C46H86N8O3. The molecule has 0 aromatic carbocycles. The van der Waals surface area contributed by atoms with Gasteiger partial charge in [0.25, 0.3) is 5.95 Å². The van der Waals surface area contributed by atoms with Gasteiger partial charge in [-0.15, -0.1) is 4.99 Å². The zero-order valence-electron chi connectivity index (χ0n) is 38.4. The third-order valence-corrected chi connectivity index (χ3v) is 12.2. The number of isocyanates is 1. The lowest BCUT2D eigenvalue weighted by molar-refractivity contribution is -0.288. The van der Waals surface area contributed by atoms with Gasteiger partial charge < -0.3 is 10.6 Å². The summed E-state index contributed by atoms with van der Waals surface area (Å²) < 4.78 is 0. The van der Waals surface area contributed by atoms with Crippen molar-refractivity contribution in [1.29, 1.82) is 0 Å². The van der Waals surface area contributed by atoms with E-state index in [4.69, 9.17) is 9.68 Å². The third-order valence-electron chi connectivity index (χ3n) is 12.2. The summed E-state index contributed by atoms with van der Waals surface area (Å²) in [5.41, 5.74) is 0.0166. The van der Waals surface area contributed by atoms with Crippen molar-refractivity contribution >= 4 is 23.9 Å². The van der Waals surface area contributed by atoms with E-state index in [0.717, 1.165) is 90.5 Å². The van der Waals surface area contributed by atoms with Gasteiger partial charge in [0.05, 0.1) is 13.2 Å². The highest BCUT2D eigenvalue weighted by Gasteiger charge is 2.47. The molecule has 3 rings (SSSR count). The average Bonchev–Trinajstić information content (AvgIpc) is 3.11. The summed E-state index contributed by atoms with van der Waals surface area (Å²) in [4.78, 5) is 41.0. The van der Waals surface area contributed by atoms with Crippen LogP contribution in [0.25, 0.3) is 0 Å². The lowest BCUT2D eigenvalue weighted by Gasteiger charge is -2.54. The zero-order valence-corrected chi connectivity index (χ0v) is 38.4. The molecule has 2 aliphatic rings. The summed E-state index contributed by atoms with van der Waals surface area (Å²) in [7, 11) is 0. The monoisotopic (exact) mass is 799 g/mol. The van der Waals surface area contributed by atoms with Gasteiger partial charge in [0.15, 0.2) is 0 Å². The Labute approximate surface area is 349 Å². The van der Waals surface area contributed by atoms with Crippen LogP contribution < -0.4 is 10.6 Å². The van der Waals surface area contributed by atoms with Crippen molar-refractivity contribution in [2.45, 2.75) is 233 Å². The number of carbonyl (C=O) groups excluding carboxylic acids is 1. The summed E-state index contributed by atoms with van der Waals surface area (Å²) in [6.45, 7) is 26.4. The van der Waals surface area contributed by atoms with Crippen LogP contribution in [-0.2, 0) is 14.5 Å². The van der Waals surface area contributed by atoms with Crippen molar-refractivity contribution in [1.82, 2.24) is 25.1 Å². The van der Waals surface area contributed by atoms with Gasteiger partial charge in [0.1, 0.15) is 0 Å². The minimum atomic E-state index is 0.00415. The van der Waals surface area contributed by atoms with Crippen molar-refractivity contribution < 1.29 is 14.5 Å². The standard InChI is InChI=1S/C46H86N8O3/c1-11-13-15-17-19-25-31-56-53-43(3,4)33-38(34-44(53,5)6)27-21-23-29-47-40-50-41(52-42(51-40)49-37-55)48-30-24-22-28-39-35-45(7,8)54(46(9,10)36-39)57-32-26-20-18-16-14-12-2/h38-39H,11-36H2,1-10H3,(H2,47,48,50,51,52). The van der Waals surface area contributed by atoms with Crippen molar-refractivity contribution in [2.24, 2.45) is 16.8 Å². The number of nitrogens with zero attached hydrogens (tertiary/aromatic N) is 6. The number of hydrogen-bond donors (Lipinski definition) is 2. The van der Waals surface area contributed by atoms with Crippen LogP contribution in [0.3, 0.4) is 0 Å². The van der Waals surface area contributed by atoms with E-state index >= 15 is 0 Å². The molecular weight excluding hydrogens is 713 g/mol. The van der Waals surface area contributed by atoms with E-state index in [2.05, 4.69) is 110 Å². The lowest BCUT2D eigenvalue weighted by Crippen LogP contribution is -2.60. The average molecular weight is 799 g/mol. The van der Waals surface area contributed by atoms with Gasteiger partial charge in [-0.3, -0.25) is 9.68 Å². The summed E-state index contributed by atoms with van der Waals surface area (Å²) in [5, 5.41) is 11.4. The molecule has 2 saturated heterocycles. The molecule has 0 amide bonds. The number of aromatic nitrogens is 3. The smallest absolute Gasteiger partial charge is 0.267 e. The van der Waals surface area contributed by atoms with Gasteiger partial charge in [0, 0.05) is 35.2 Å². The predicted molar refractivity (Wildman–Crippen MR) is 236 cm³/mol. The molecule has 328 valence electrons. The summed E-state index contributed by atoms with van der Waals surface area (Å²) >= 11 is 0. The van der Waals surface area contributed by atoms with Crippen molar-refractivity contribution in [2.75, 3.05) is 36.9 Å². The maximum absolute atomic E-state index is 11.1. The first kappa shape index (κ1) is 49.2. The lowest BCUT2D eigenvalue weighted by atomic mass is 9.73. The number of piperidine rings is 2. The highest BCUT2D eigenvalue weighted by molar-refractivity contribution is 5.46. The van der Waals surface area contributed by atoms with Gasteiger partial charge in [-0.05, 0) is 119 Å². The molecule has 0 spiro atoms. The Bertz CT molecular complexity index is 1190. The minimum absolute atomic E-state index is 0.00415. The summed E-state index contributed by atoms with van der Waals surface area (Å²) in [5.74, 6) is 2.27. The Morgan fingerprint density at radius 2 is 0.930 bits per heavy atom.